The molecule has 8 heteroatoms. The Kier molecular flexibility index (Phi) is 7.01. The average molecular weight is 557 g/mol. The Balaban J connectivity index is 1.34. The molecule has 1 atom stereocenters. The summed E-state index contributed by atoms with van der Waals surface area (Å²) >= 11 is 0. The Morgan fingerprint density at radius 3 is 2.20 bits per heavy atom. The minimum Gasteiger partial charge on any atom is -0.368 e. The van der Waals surface area contributed by atoms with Gasteiger partial charge < -0.3 is 20.0 Å². The van der Waals surface area contributed by atoms with Gasteiger partial charge in [-0.3, -0.25) is 9.59 Å². The molecule has 0 spiro atoms. The van der Waals surface area contributed by atoms with Crippen LogP contribution >= 0.6 is 0 Å². The van der Waals surface area contributed by atoms with E-state index in [2.05, 4.69) is 24.1 Å². The number of nitrogens with zero attached hydrogens (tertiary/aromatic N) is 3. The number of halogens is 2. The zero-order valence-corrected chi connectivity index (χ0v) is 23.4. The first-order valence-corrected chi connectivity index (χ1v) is 14.1. The van der Waals surface area contributed by atoms with Crippen molar-refractivity contribution < 1.29 is 18.4 Å². The third-order valence-electron chi connectivity index (χ3n) is 8.32. The molecule has 1 amide bonds. The molecule has 1 saturated heterocycles. The van der Waals surface area contributed by atoms with Crippen LogP contribution in [0.5, 0.6) is 0 Å². The molecule has 1 unspecified atom stereocenters. The number of anilines is 3. The maximum Gasteiger partial charge on any atom is 0.242 e. The van der Waals surface area contributed by atoms with Crippen molar-refractivity contribution in [2.45, 2.75) is 32.7 Å². The van der Waals surface area contributed by atoms with Crippen LogP contribution in [0.4, 0.5) is 25.8 Å². The van der Waals surface area contributed by atoms with Crippen LogP contribution in [0.3, 0.4) is 0 Å². The second-order valence-electron chi connectivity index (χ2n) is 11.9. The quantitative estimate of drug-likeness (QED) is 0.432. The fourth-order valence-electron chi connectivity index (χ4n) is 6.33. The Morgan fingerprint density at radius 2 is 1.51 bits per heavy atom. The Morgan fingerprint density at radius 1 is 0.878 bits per heavy atom. The number of rotatable bonds is 4. The number of Topliss-reactive ketones (excluding diaryl/α,β-unsaturated/α-hetero) is 1. The van der Waals surface area contributed by atoms with Gasteiger partial charge in [0.1, 0.15) is 11.6 Å². The molecule has 0 bridgehead atoms. The van der Waals surface area contributed by atoms with Crippen LogP contribution in [-0.2, 0) is 9.59 Å². The number of fused-ring (bicyclic) bond motifs is 1. The molecule has 0 radical (unpaired) electrons. The van der Waals surface area contributed by atoms with Gasteiger partial charge in [0.2, 0.25) is 5.91 Å². The predicted molar refractivity (Wildman–Crippen MR) is 157 cm³/mol. The first-order chi connectivity index (χ1) is 19.7. The fourth-order valence-corrected chi connectivity index (χ4v) is 6.33. The van der Waals surface area contributed by atoms with E-state index in [0.29, 0.717) is 44.6 Å². The SMILES string of the molecule is CC1(C)CC(=O)C2=C(C1)Nc1ccccc1N(CC(=O)N1CCN(c3ccc(F)cc3)CC1)C2c1ccc(F)cc1. The van der Waals surface area contributed by atoms with E-state index in [1.807, 2.05) is 34.1 Å². The van der Waals surface area contributed by atoms with Crippen molar-refractivity contribution in [3.05, 3.63) is 101 Å². The number of hydrogen-bond acceptors (Lipinski definition) is 5. The van der Waals surface area contributed by atoms with E-state index < -0.39 is 6.04 Å². The van der Waals surface area contributed by atoms with Crippen molar-refractivity contribution in [3.8, 4) is 0 Å². The Labute approximate surface area is 239 Å². The van der Waals surface area contributed by atoms with Crippen LogP contribution in [0.25, 0.3) is 0 Å². The van der Waals surface area contributed by atoms with Gasteiger partial charge in [-0.25, -0.2) is 8.78 Å². The van der Waals surface area contributed by atoms with Crippen LogP contribution < -0.4 is 15.1 Å². The highest BCUT2D eigenvalue weighted by atomic mass is 19.1. The van der Waals surface area contributed by atoms with E-state index >= 15 is 0 Å². The van der Waals surface area contributed by atoms with Gasteiger partial charge in [0.25, 0.3) is 0 Å². The van der Waals surface area contributed by atoms with Gasteiger partial charge in [-0.1, -0.05) is 38.1 Å². The van der Waals surface area contributed by atoms with Crippen molar-refractivity contribution in [2.75, 3.05) is 47.8 Å². The number of amides is 1. The van der Waals surface area contributed by atoms with Gasteiger partial charge >= 0.3 is 0 Å². The van der Waals surface area contributed by atoms with E-state index in [9.17, 15) is 18.4 Å². The number of carbonyl (C=O) groups is 2. The van der Waals surface area contributed by atoms with Gasteiger partial charge in [0.05, 0.1) is 24.0 Å². The van der Waals surface area contributed by atoms with Crippen molar-refractivity contribution >= 4 is 28.8 Å². The number of allylic oxidation sites excluding steroid dienone is 1. The maximum absolute atomic E-state index is 14.0. The van der Waals surface area contributed by atoms with Gasteiger partial charge in [-0.15, -0.1) is 0 Å². The largest absolute Gasteiger partial charge is 0.368 e. The zero-order valence-electron chi connectivity index (χ0n) is 23.4. The number of hydrogen-bond donors (Lipinski definition) is 1. The lowest BCUT2D eigenvalue weighted by atomic mass is 9.73. The molecular formula is C33H34F2N4O2. The maximum atomic E-state index is 14.0. The lowest BCUT2D eigenvalue weighted by molar-refractivity contribution is -0.130. The zero-order chi connectivity index (χ0) is 28.7. The number of para-hydroxylation sites is 2. The lowest BCUT2D eigenvalue weighted by Gasteiger charge is -2.40. The summed E-state index contributed by atoms with van der Waals surface area (Å²) in [5.41, 5.74) is 4.64. The van der Waals surface area contributed by atoms with E-state index in [4.69, 9.17) is 0 Å². The van der Waals surface area contributed by atoms with E-state index in [1.54, 1.807) is 24.3 Å². The normalized spacial score (nSPS) is 20.2. The van der Waals surface area contributed by atoms with E-state index in [0.717, 1.165) is 28.3 Å². The summed E-state index contributed by atoms with van der Waals surface area (Å²) in [6.45, 7) is 6.59. The molecule has 41 heavy (non-hydrogen) atoms. The monoisotopic (exact) mass is 556 g/mol. The van der Waals surface area contributed by atoms with Crippen LogP contribution in [0.2, 0.25) is 0 Å². The highest BCUT2D eigenvalue weighted by molar-refractivity contribution is 6.02. The minimum atomic E-state index is -0.546. The number of carbonyl (C=O) groups excluding carboxylic acids is 2. The molecule has 3 aliphatic rings. The van der Waals surface area contributed by atoms with Crippen LogP contribution in [0.15, 0.2) is 84.1 Å². The molecule has 3 aromatic carbocycles. The number of nitrogens with one attached hydrogen (secondary N) is 1. The van der Waals surface area contributed by atoms with E-state index in [1.165, 1.54) is 24.3 Å². The number of piperazine rings is 1. The summed E-state index contributed by atoms with van der Waals surface area (Å²) in [6.07, 6.45) is 1.09. The summed E-state index contributed by atoms with van der Waals surface area (Å²) in [4.78, 5) is 33.7. The molecule has 3 aromatic rings. The first kappa shape index (κ1) is 27.0. The van der Waals surface area contributed by atoms with Crippen molar-refractivity contribution in [3.63, 3.8) is 0 Å². The molecule has 1 fully saturated rings. The first-order valence-electron chi connectivity index (χ1n) is 14.1. The summed E-state index contributed by atoms with van der Waals surface area (Å²) in [5, 5.41) is 3.55. The second-order valence-corrected chi connectivity index (χ2v) is 11.9. The molecule has 1 aliphatic carbocycles. The molecule has 6 rings (SSSR count). The van der Waals surface area contributed by atoms with Crippen LogP contribution in [0.1, 0.15) is 38.3 Å². The molecule has 212 valence electrons. The highest BCUT2D eigenvalue weighted by Gasteiger charge is 2.42. The summed E-state index contributed by atoms with van der Waals surface area (Å²) < 4.78 is 27.4. The lowest BCUT2D eigenvalue weighted by Crippen LogP contribution is -2.52. The van der Waals surface area contributed by atoms with Crippen LogP contribution in [0, 0.1) is 17.0 Å². The summed E-state index contributed by atoms with van der Waals surface area (Å²) in [6, 6.07) is 19.9. The second kappa shape index (κ2) is 10.7. The molecule has 2 heterocycles. The smallest absolute Gasteiger partial charge is 0.242 e. The van der Waals surface area contributed by atoms with Crippen molar-refractivity contribution in [1.29, 1.82) is 0 Å². The number of ketones is 1. The summed E-state index contributed by atoms with van der Waals surface area (Å²) in [7, 11) is 0. The third-order valence-corrected chi connectivity index (χ3v) is 8.32. The predicted octanol–water partition coefficient (Wildman–Crippen LogP) is 5.93. The molecule has 0 aromatic heterocycles. The molecule has 1 N–H and O–H groups in total. The average Bonchev–Trinajstić information content (AvgIpc) is 3.08. The standard InChI is InChI=1S/C33H34F2N4O2/c1-33(2)19-27-31(29(40)20-33)32(22-7-9-23(34)10-8-22)39(28-6-4-3-5-26(28)36-27)21-30(41)38-17-15-37(16-18-38)25-13-11-24(35)12-14-25/h3-14,32,36H,15-21H2,1-2H3. The van der Waals surface area contributed by atoms with E-state index in [-0.39, 0.29) is 35.3 Å². The van der Waals surface area contributed by atoms with Gasteiger partial charge in [0, 0.05) is 49.6 Å². The van der Waals surface area contributed by atoms with Crippen molar-refractivity contribution in [1.82, 2.24) is 4.90 Å². The molecule has 0 saturated carbocycles. The Hall–Kier alpha value is -4.20. The third kappa shape index (κ3) is 5.43. The highest BCUT2D eigenvalue weighted by Crippen LogP contribution is 2.48. The number of benzene rings is 3. The van der Waals surface area contributed by atoms with Crippen LogP contribution in [-0.4, -0.2) is 49.3 Å². The minimum absolute atomic E-state index is 0.0382. The summed E-state index contributed by atoms with van der Waals surface area (Å²) in [5.74, 6) is -0.633. The topological polar surface area (TPSA) is 55.9 Å². The molecular weight excluding hydrogens is 522 g/mol. The van der Waals surface area contributed by atoms with Crippen molar-refractivity contribution in [2.24, 2.45) is 5.41 Å². The Bertz CT molecular complexity index is 1490. The molecule has 2 aliphatic heterocycles. The molecule has 6 nitrogen and oxygen atoms in total. The fraction of sp³-hybridized carbons (Fsp3) is 0.333. The van der Waals surface area contributed by atoms with Gasteiger partial charge in [0.15, 0.2) is 5.78 Å². The van der Waals surface area contributed by atoms with Gasteiger partial charge in [-0.05, 0) is 65.9 Å². The van der Waals surface area contributed by atoms with Gasteiger partial charge in [-0.2, -0.15) is 0 Å².